The highest BCUT2D eigenvalue weighted by Crippen LogP contribution is 2.05. The molecule has 0 atom stereocenters. The topological polar surface area (TPSA) is 44.6 Å². The van der Waals surface area contributed by atoms with Crippen LogP contribution in [0.25, 0.3) is 0 Å². The quantitative estimate of drug-likeness (QED) is 0.495. The third-order valence-corrected chi connectivity index (χ3v) is 2.49. The molecule has 0 saturated carbocycles. The zero-order valence-corrected chi connectivity index (χ0v) is 9.68. The number of hydrogen-bond donors (Lipinski definition) is 2. The van der Waals surface area contributed by atoms with E-state index in [4.69, 9.17) is 5.21 Å². The van der Waals surface area contributed by atoms with Crippen molar-refractivity contribution < 1.29 is 9.60 Å². The molecular formula is C14H13FN2O. The van der Waals surface area contributed by atoms with Crippen molar-refractivity contribution in [1.82, 2.24) is 5.48 Å². The molecule has 2 N–H and O–H groups in total. The summed E-state index contributed by atoms with van der Waals surface area (Å²) in [6.45, 7) is 0.446. The van der Waals surface area contributed by atoms with Gasteiger partial charge < -0.3 is 0 Å². The van der Waals surface area contributed by atoms with Gasteiger partial charge in [0.05, 0.1) is 6.54 Å². The summed E-state index contributed by atoms with van der Waals surface area (Å²) in [7, 11) is 0. The molecule has 4 heteroatoms. The largest absolute Gasteiger partial charge is 0.290 e. The molecule has 0 saturated heterocycles. The van der Waals surface area contributed by atoms with Gasteiger partial charge in [-0.3, -0.25) is 15.7 Å². The Morgan fingerprint density at radius 2 is 1.72 bits per heavy atom. The van der Waals surface area contributed by atoms with Crippen LogP contribution in [0.3, 0.4) is 0 Å². The van der Waals surface area contributed by atoms with Crippen LogP contribution >= 0.6 is 0 Å². The summed E-state index contributed by atoms with van der Waals surface area (Å²) in [6, 6.07) is 15.4. The summed E-state index contributed by atoms with van der Waals surface area (Å²) in [4.78, 5) is 4.25. The van der Waals surface area contributed by atoms with Crippen molar-refractivity contribution in [2.75, 3.05) is 0 Å². The van der Waals surface area contributed by atoms with Crippen LogP contribution in [0.2, 0.25) is 0 Å². The molecule has 0 aliphatic rings. The molecule has 92 valence electrons. The third kappa shape index (κ3) is 3.15. The fourth-order valence-electron chi connectivity index (χ4n) is 1.55. The second-order valence-electron chi connectivity index (χ2n) is 3.77. The maximum absolute atomic E-state index is 12.8. The lowest BCUT2D eigenvalue weighted by Crippen LogP contribution is -2.20. The highest BCUT2D eigenvalue weighted by Gasteiger charge is 2.02. The maximum Gasteiger partial charge on any atom is 0.152 e. The second-order valence-corrected chi connectivity index (χ2v) is 3.77. The van der Waals surface area contributed by atoms with Gasteiger partial charge in [0.25, 0.3) is 0 Å². The molecule has 0 amide bonds. The fourth-order valence-corrected chi connectivity index (χ4v) is 1.55. The van der Waals surface area contributed by atoms with E-state index in [0.717, 1.165) is 5.56 Å². The van der Waals surface area contributed by atoms with E-state index in [1.807, 2.05) is 35.8 Å². The zero-order chi connectivity index (χ0) is 12.8. The molecule has 3 nitrogen and oxygen atoms in total. The first-order chi connectivity index (χ1) is 8.79. The van der Waals surface area contributed by atoms with Gasteiger partial charge in [-0.25, -0.2) is 4.39 Å². The summed E-state index contributed by atoms with van der Waals surface area (Å²) in [5.41, 5.74) is 3.70. The summed E-state index contributed by atoms with van der Waals surface area (Å²) in [5.74, 6) is -0.00190. The van der Waals surface area contributed by atoms with E-state index in [0.29, 0.717) is 17.9 Å². The van der Waals surface area contributed by atoms with Crippen molar-refractivity contribution in [3.05, 3.63) is 71.5 Å². The third-order valence-electron chi connectivity index (χ3n) is 2.49. The van der Waals surface area contributed by atoms with Crippen molar-refractivity contribution in [1.29, 1.82) is 0 Å². The van der Waals surface area contributed by atoms with Crippen LogP contribution in [-0.2, 0) is 6.54 Å². The maximum atomic E-state index is 12.8. The number of hydroxylamine groups is 1. The van der Waals surface area contributed by atoms with E-state index in [9.17, 15) is 4.39 Å². The Balaban J connectivity index is 2.16. The predicted molar refractivity (Wildman–Crippen MR) is 68.0 cm³/mol. The van der Waals surface area contributed by atoms with Crippen molar-refractivity contribution in [3.63, 3.8) is 0 Å². The summed E-state index contributed by atoms with van der Waals surface area (Å²) in [5, 5.41) is 9.05. The van der Waals surface area contributed by atoms with Gasteiger partial charge in [-0.05, 0) is 29.8 Å². The fraction of sp³-hybridized carbons (Fsp3) is 0.0714. The molecule has 0 unspecified atom stereocenters. The molecule has 0 aromatic heterocycles. The standard InChI is InChI=1S/C14H13FN2O/c15-13-8-6-12(7-9-13)14(17-18)16-10-11-4-2-1-3-5-11/h1-9,18H,10H2,(H,16,17). The van der Waals surface area contributed by atoms with E-state index >= 15 is 0 Å². The number of rotatable bonds is 3. The Hall–Kier alpha value is -2.20. The second kappa shape index (κ2) is 5.93. The van der Waals surface area contributed by atoms with Crippen LogP contribution in [0.4, 0.5) is 4.39 Å². The number of halogens is 1. The van der Waals surface area contributed by atoms with E-state index in [2.05, 4.69) is 4.99 Å². The van der Waals surface area contributed by atoms with Crippen molar-refractivity contribution in [2.24, 2.45) is 4.99 Å². The average Bonchev–Trinajstić information content (AvgIpc) is 2.42. The highest BCUT2D eigenvalue weighted by molar-refractivity contribution is 5.97. The molecule has 18 heavy (non-hydrogen) atoms. The first kappa shape index (κ1) is 12.3. The minimum atomic E-state index is -0.320. The van der Waals surface area contributed by atoms with E-state index in [1.54, 1.807) is 12.1 Å². The zero-order valence-electron chi connectivity index (χ0n) is 9.68. The molecule has 0 aliphatic carbocycles. The minimum Gasteiger partial charge on any atom is -0.290 e. The Morgan fingerprint density at radius 1 is 1.06 bits per heavy atom. The van der Waals surface area contributed by atoms with Gasteiger partial charge in [-0.15, -0.1) is 0 Å². The number of nitrogens with zero attached hydrogens (tertiary/aromatic N) is 1. The van der Waals surface area contributed by atoms with Crippen LogP contribution in [0.1, 0.15) is 11.1 Å². The molecule has 2 rings (SSSR count). The van der Waals surface area contributed by atoms with Gasteiger partial charge in [0, 0.05) is 5.56 Å². The Labute approximate surface area is 105 Å². The van der Waals surface area contributed by atoms with E-state index < -0.39 is 0 Å². The predicted octanol–water partition coefficient (Wildman–Crippen LogP) is 2.75. The van der Waals surface area contributed by atoms with Gasteiger partial charge in [-0.1, -0.05) is 30.3 Å². The summed E-state index contributed by atoms with van der Waals surface area (Å²) in [6.07, 6.45) is 0. The van der Waals surface area contributed by atoms with Crippen molar-refractivity contribution in [3.8, 4) is 0 Å². The molecule has 0 spiro atoms. The van der Waals surface area contributed by atoms with Crippen LogP contribution in [0.15, 0.2) is 59.6 Å². The number of nitrogens with one attached hydrogen (secondary N) is 1. The molecule has 0 heterocycles. The SMILES string of the molecule is ONC(=NCc1ccccc1)c1ccc(F)cc1. The number of hydrogen-bond acceptors (Lipinski definition) is 2. The number of aliphatic imine (C=N–C) groups is 1. The number of amidine groups is 1. The first-order valence-corrected chi connectivity index (χ1v) is 5.54. The molecule has 2 aromatic carbocycles. The van der Waals surface area contributed by atoms with Gasteiger partial charge in [-0.2, -0.15) is 0 Å². The first-order valence-electron chi connectivity index (χ1n) is 5.54. The van der Waals surface area contributed by atoms with Crippen LogP contribution in [0.5, 0.6) is 0 Å². The van der Waals surface area contributed by atoms with Crippen LogP contribution in [-0.4, -0.2) is 11.0 Å². The Bertz CT molecular complexity index is 523. The minimum absolute atomic E-state index is 0.318. The summed E-state index contributed by atoms with van der Waals surface area (Å²) >= 11 is 0. The molecule has 0 bridgehead atoms. The molecule has 0 aliphatic heterocycles. The monoisotopic (exact) mass is 244 g/mol. The number of benzene rings is 2. The molecule has 0 radical (unpaired) electrons. The highest BCUT2D eigenvalue weighted by atomic mass is 19.1. The van der Waals surface area contributed by atoms with Gasteiger partial charge in [0.15, 0.2) is 5.84 Å². The molecule has 0 fully saturated rings. The Kier molecular flexibility index (Phi) is 4.04. The molecule has 2 aromatic rings. The van der Waals surface area contributed by atoms with Crippen LogP contribution < -0.4 is 5.48 Å². The average molecular weight is 244 g/mol. The Morgan fingerprint density at radius 3 is 2.33 bits per heavy atom. The lowest BCUT2D eigenvalue weighted by Gasteiger charge is -2.05. The lowest BCUT2D eigenvalue weighted by molar-refractivity contribution is 0.234. The van der Waals surface area contributed by atoms with Gasteiger partial charge in [0.1, 0.15) is 5.82 Å². The van der Waals surface area contributed by atoms with Crippen molar-refractivity contribution in [2.45, 2.75) is 6.54 Å². The summed E-state index contributed by atoms with van der Waals surface area (Å²) < 4.78 is 12.8. The molecular weight excluding hydrogens is 231 g/mol. The smallest absolute Gasteiger partial charge is 0.152 e. The van der Waals surface area contributed by atoms with E-state index in [1.165, 1.54) is 12.1 Å². The van der Waals surface area contributed by atoms with Gasteiger partial charge >= 0.3 is 0 Å². The van der Waals surface area contributed by atoms with Crippen LogP contribution in [0, 0.1) is 5.82 Å². The normalized spacial score (nSPS) is 11.3. The lowest BCUT2D eigenvalue weighted by atomic mass is 10.2. The van der Waals surface area contributed by atoms with Crippen molar-refractivity contribution >= 4 is 5.84 Å². The van der Waals surface area contributed by atoms with Gasteiger partial charge in [0.2, 0.25) is 0 Å². The van der Waals surface area contributed by atoms with E-state index in [-0.39, 0.29) is 5.82 Å².